The van der Waals surface area contributed by atoms with Gasteiger partial charge < -0.3 is 15.4 Å². The molecule has 2 atom stereocenters. The molecule has 106 valence electrons. The maximum Gasteiger partial charge on any atom is 0.160 e. The standard InChI is InChI=1S/C13H17Cl2FN2O/c1-8(4-10-7-19-3-2-17-10)18-9-5-11(14)13(16)12(15)6-9/h5-6,8,10,17-18H,2-4,7H2,1H3. The third kappa shape index (κ3) is 4.21. The summed E-state index contributed by atoms with van der Waals surface area (Å²) >= 11 is 11.5. The van der Waals surface area contributed by atoms with E-state index in [0.717, 1.165) is 31.9 Å². The molecule has 1 heterocycles. The maximum atomic E-state index is 13.3. The molecule has 1 saturated heterocycles. The van der Waals surface area contributed by atoms with Crippen molar-refractivity contribution in [2.45, 2.75) is 25.4 Å². The molecule has 0 amide bonds. The molecule has 1 aliphatic rings. The number of hydrogen-bond donors (Lipinski definition) is 2. The average Bonchev–Trinajstić information content (AvgIpc) is 2.37. The number of ether oxygens (including phenoxy) is 1. The maximum absolute atomic E-state index is 13.3. The number of morpholine rings is 1. The highest BCUT2D eigenvalue weighted by Gasteiger charge is 2.16. The van der Waals surface area contributed by atoms with Gasteiger partial charge in [0.1, 0.15) is 0 Å². The van der Waals surface area contributed by atoms with E-state index in [2.05, 4.69) is 17.6 Å². The van der Waals surface area contributed by atoms with Gasteiger partial charge in [0.2, 0.25) is 0 Å². The second-order valence-electron chi connectivity index (χ2n) is 4.76. The molecule has 0 spiro atoms. The fourth-order valence-corrected chi connectivity index (χ4v) is 2.67. The van der Waals surface area contributed by atoms with E-state index >= 15 is 0 Å². The summed E-state index contributed by atoms with van der Waals surface area (Å²) in [4.78, 5) is 0. The van der Waals surface area contributed by atoms with E-state index in [1.165, 1.54) is 0 Å². The first kappa shape index (κ1) is 14.9. The zero-order valence-electron chi connectivity index (χ0n) is 10.7. The minimum absolute atomic E-state index is 0.0290. The Kier molecular flexibility index (Phi) is 5.28. The first-order valence-electron chi connectivity index (χ1n) is 6.28. The molecule has 2 N–H and O–H groups in total. The van der Waals surface area contributed by atoms with E-state index in [9.17, 15) is 4.39 Å². The molecule has 19 heavy (non-hydrogen) atoms. The molecular formula is C13H17Cl2FN2O. The Morgan fingerprint density at radius 1 is 1.47 bits per heavy atom. The highest BCUT2D eigenvalue weighted by atomic mass is 35.5. The second kappa shape index (κ2) is 6.75. The lowest BCUT2D eigenvalue weighted by molar-refractivity contribution is 0.0731. The molecule has 1 aromatic carbocycles. The zero-order chi connectivity index (χ0) is 13.8. The molecule has 2 rings (SSSR count). The minimum Gasteiger partial charge on any atom is -0.382 e. The third-order valence-electron chi connectivity index (χ3n) is 3.03. The van der Waals surface area contributed by atoms with Crippen LogP contribution in [-0.2, 0) is 4.74 Å². The molecule has 0 aromatic heterocycles. The van der Waals surface area contributed by atoms with Gasteiger partial charge >= 0.3 is 0 Å². The van der Waals surface area contributed by atoms with Gasteiger partial charge in [0.05, 0.1) is 23.3 Å². The number of halogens is 3. The number of benzene rings is 1. The molecule has 1 aliphatic heterocycles. The predicted molar refractivity (Wildman–Crippen MR) is 76.7 cm³/mol. The smallest absolute Gasteiger partial charge is 0.160 e. The number of anilines is 1. The lowest BCUT2D eigenvalue weighted by Crippen LogP contribution is -2.43. The first-order chi connectivity index (χ1) is 9.06. The topological polar surface area (TPSA) is 33.3 Å². The van der Waals surface area contributed by atoms with E-state index in [0.29, 0.717) is 6.04 Å². The molecule has 3 nitrogen and oxygen atoms in total. The summed E-state index contributed by atoms with van der Waals surface area (Å²) < 4.78 is 18.7. The lowest BCUT2D eigenvalue weighted by atomic mass is 10.1. The van der Waals surface area contributed by atoms with Crippen molar-refractivity contribution in [1.82, 2.24) is 5.32 Å². The van der Waals surface area contributed by atoms with Crippen molar-refractivity contribution < 1.29 is 9.13 Å². The third-order valence-corrected chi connectivity index (χ3v) is 3.58. The summed E-state index contributed by atoms with van der Waals surface area (Å²) in [7, 11) is 0. The largest absolute Gasteiger partial charge is 0.382 e. The van der Waals surface area contributed by atoms with E-state index in [-0.39, 0.29) is 16.1 Å². The lowest BCUT2D eigenvalue weighted by Gasteiger charge is -2.27. The van der Waals surface area contributed by atoms with Crippen LogP contribution >= 0.6 is 23.2 Å². The SMILES string of the molecule is CC(CC1COCCN1)Nc1cc(Cl)c(F)c(Cl)c1. The monoisotopic (exact) mass is 306 g/mol. The van der Waals surface area contributed by atoms with Crippen LogP contribution in [0.15, 0.2) is 12.1 Å². The number of hydrogen-bond acceptors (Lipinski definition) is 3. The van der Waals surface area contributed by atoms with Crippen LogP contribution in [0.5, 0.6) is 0 Å². The van der Waals surface area contributed by atoms with Gasteiger partial charge in [-0.05, 0) is 25.5 Å². The molecule has 0 radical (unpaired) electrons. The van der Waals surface area contributed by atoms with Crippen LogP contribution in [-0.4, -0.2) is 31.8 Å². The molecule has 6 heteroatoms. The Bertz CT molecular complexity index is 416. The Balaban J connectivity index is 1.92. The van der Waals surface area contributed by atoms with Gasteiger partial charge in [0.15, 0.2) is 5.82 Å². The summed E-state index contributed by atoms with van der Waals surface area (Å²) in [5.74, 6) is -0.580. The summed E-state index contributed by atoms with van der Waals surface area (Å²) in [5, 5.41) is 6.72. The van der Waals surface area contributed by atoms with E-state index < -0.39 is 5.82 Å². The summed E-state index contributed by atoms with van der Waals surface area (Å²) in [5.41, 5.74) is 0.723. The molecule has 0 saturated carbocycles. The molecular weight excluding hydrogens is 290 g/mol. The Hall–Kier alpha value is -0.550. The Morgan fingerprint density at radius 3 is 2.74 bits per heavy atom. The number of rotatable bonds is 4. The molecule has 0 aliphatic carbocycles. The van der Waals surface area contributed by atoms with Crippen LogP contribution in [0.4, 0.5) is 10.1 Å². The zero-order valence-corrected chi connectivity index (χ0v) is 12.2. The second-order valence-corrected chi connectivity index (χ2v) is 5.58. The highest BCUT2D eigenvalue weighted by molar-refractivity contribution is 6.35. The first-order valence-corrected chi connectivity index (χ1v) is 7.04. The molecule has 1 fully saturated rings. The molecule has 2 unspecified atom stereocenters. The fraction of sp³-hybridized carbons (Fsp3) is 0.538. The summed E-state index contributed by atoms with van der Waals surface area (Å²) in [6.45, 7) is 4.42. The molecule has 0 bridgehead atoms. The van der Waals surface area contributed by atoms with Gasteiger partial charge in [0, 0.05) is 24.3 Å². The quantitative estimate of drug-likeness (QED) is 0.837. The van der Waals surface area contributed by atoms with Crippen LogP contribution in [0, 0.1) is 5.82 Å². The highest BCUT2D eigenvalue weighted by Crippen LogP contribution is 2.27. The van der Waals surface area contributed by atoms with Crippen molar-refractivity contribution in [3.8, 4) is 0 Å². The van der Waals surface area contributed by atoms with Crippen molar-refractivity contribution in [3.05, 3.63) is 28.0 Å². The number of nitrogens with one attached hydrogen (secondary N) is 2. The van der Waals surface area contributed by atoms with Crippen molar-refractivity contribution >= 4 is 28.9 Å². The van der Waals surface area contributed by atoms with Crippen LogP contribution in [0.1, 0.15) is 13.3 Å². The van der Waals surface area contributed by atoms with E-state index in [4.69, 9.17) is 27.9 Å². The Morgan fingerprint density at radius 2 is 2.16 bits per heavy atom. The van der Waals surface area contributed by atoms with Crippen molar-refractivity contribution in [1.29, 1.82) is 0 Å². The minimum atomic E-state index is -0.580. The summed E-state index contributed by atoms with van der Waals surface area (Å²) in [6, 6.07) is 3.63. The summed E-state index contributed by atoms with van der Waals surface area (Å²) in [6.07, 6.45) is 0.909. The van der Waals surface area contributed by atoms with Crippen LogP contribution in [0.2, 0.25) is 10.0 Å². The van der Waals surface area contributed by atoms with Crippen LogP contribution < -0.4 is 10.6 Å². The van der Waals surface area contributed by atoms with Crippen LogP contribution in [0.25, 0.3) is 0 Å². The van der Waals surface area contributed by atoms with Gasteiger partial charge in [-0.1, -0.05) is 23.2 Å². The average molecular weight is 307 g/mol. The van der Waals surface area contributed by atoms with Crippen LogP contribution in [0.3, 0.4) is 0 Å². The normalized spacial score (nSPS) is 21.2. The van der Waals surface area contributed by atoms with E-state index in [1.807, 2.05) is 0 Å². The van der Waals surface area contributed by atoms with Crippen molar-refractivity contribution in [2.24, 2.45) is 0 Å². The van der Waals surface area contributed by atoms with Gasteiger partial charge in [-0.15, -0.1) is 0 Å². The Labute approximate surface area is 122 Å². The van der Waals surface area contributed by atoms with Gasteiger partial charge in [-0.3, -0.25) is 0 Å². The van der Waals surface area contributed by atoms with E-state index in [1.54, 1.807) is 12.1 Å². The van der Waals surface area contributed by atoms with Crippen molar-refractivity contribution in [3.63, 3.8) is 0 Å². The van der Waals surface area contributed by atoms with Gasteiger partial charge in [0.25, 0.3) is 0 Å². The van der Waals surface area contributed by atoms with Gasteiger partial charge in [-0.2, -0.15) is 0 Å². The fourth-order valence-electron chi connectivity index (χ4n) is 2.18. The molecule has 1 aromatic rings. The predicted octanol–water partition coefficient (Wildman–Crippen LogP) is 3.31. The van der Waals surface area contributed by atoms with Crippen molar-refractivity contribution in [2.75, 3.05) is 25.1 Å². The van der Waals surface area contributed by atoms with Gasteiger partial charge in [-0.25, -0.2) is 4.39 Å².